The maximum atomic E-state index is 10.5. The zero-order valence-corrected chi connectivity index (χ0v) is 16.0. The Hall–Kier alpha value is -0.400. The third kappa shape index (κ3) is 4.29. The minimum absolute atomic E-state index is 0.445. The molecule has 0 fully saturated rings. The average Bonchev–Trinajstić information content (AvgIpc) is 2.91. The van der Waals surface area contributed by atoms with Crippen LogP contribution in [0.5, 0.6) is 0 Å². The highest BCUT2D eigenvalue weighted by molar-refractivity contribution is 14.1. The van der Waals surface area contributed by atoms with Gasteiger partial charge in [-0.2, -0.15) is 5.10 Å². The maximum Gasteiger partial charge on any atom is 0.0857 e. The van der Waals surface area contributed by atoms with Crippen molar-refractivity contribution in [3.8, 4) is 0 Å². The van der Waals surface area contributed by atoms with E-state index in [0.717, 1.165) is 32.1 Å². The van der Waals surface area contributed by atoms with Gasteiger partial charge < -0.3 is 5.11 Å². The Morgan fingerprint density at radius 1 is 1.29 bits per heavy atom. The first kappa shape index (κ1) is 17.0. The Morgan fingerprint density at radius 2 is 2.00 bits per heavy atom. The van der Waals surface area contributed by atoms with E-state index in [0.29, 0.717) is 12.5 Å². The number of halogens is 2. The molecule has 0 aliphatic heterocycles. The van der Waals surface area contributed by atoms with Crippen LogP contribution in [-0.2, 0) is 6.42 Å². The third-order valence-corrected chi connectivity index (χ3v) is 5.09. The van der Waals surface area contributed by atoms with Crippen molar-refractivity contribution in [3.63, 3.8) is 0 Å². The number of hydrogen-bond acceptors (Lipinski definition) is 2. The number of rotatable bonds is 6. The number of nitrogens with zero attached hydrogens (tertiary/aromatic N) is 2. The molecule has 1 unspecified atom stereocenters. The number of hydrogen-bond donors (Lipinski definition) is 1. The highest BCUT2D eigenvalue weighted by atomic mass is 127. The molecule has 3 nitrogen and oxygen atoms in total. The standard InChI is InChI=1S/C16H20BrIN2O/c1-3-13(4-2)20-8-7-12(19-20)10-16(21)14-9-11(18)5-6-15(14)17/h5-9,13,16,21H,3-4,10H2,1-2H3. The summed E-state index contributed by atoms with van der Waals surface area (Å²) in [6.45, 7) is 4.35. The highest BCUT2D eigenvalue weighted by Gasteiger charge is 2.15. The Labute approximate surface area is 148 Å². The monoisotopic (exact) mass is 462 g/mol. The van der Waals surface area contributed by atoms with E-state index < -0.39 is 6.10 Å². The molecule has 1 N–H and O–H groups in total. The summed E-state index contributed by atoms with van der Waals surface area (Å²) in [6.07, 6.45) is 4.15. The molecule has 0 amide bonds. The van der Waals surface area contributed by atoms with E-state index in [-0.39, 0.29) is 0 Å². The van der Waals surface area contributed by atoms with Gasteiger partial charge in [0, 0.05) is 20.7 Å². The van der Waals surface area contributed by atoms with Crippen molar-refractivity contribution in [1.29, 1.82) is 0 Å². The summed E-state index contributed by atoms with van der Waals surface area (Å²) in [5.74, 6) is 0. The minimum atomic E-state index is -0.542. The number of aliphatic hydroxyl groups is 1. The normalized spacial score (nSPS) is 12.9. The second-order valence-corrected chi connectivity index (χ2v) is 7.24. The zero-order chi connectivity index (χ0) is 15.4. The second-order valence-electron chi connectivity index (χ2n) is 5.14. The average molecular weight is 463 g/mol. The fourth-order valence-corrected chi connectivity index (χ4v) is 3.46. The Kier molecular flexibility index (Phi) is 6.25. The molecule has 2 aromatic rings. The molecular formula is C16H20BrIN2O. The molecule has 114 valence electrons. The third-order valence-electron chi connectivity index (χ3n) is 3.70. The van der Waals surface area contributed by atoms with Crippen molar-refractivity contribution >= 4 is 38.5 Å². The van der Waals surface area contributed by atoms with Crippen LogP contribution in [0, 0.1) is 3.57 Å². The lowest BCUT2D eigenvalue weighted by atomic mass is 10.1. The van der Waals surface area contributed by atoms with Gasteiger partial charge in [-0.25, -0.2) is 0 Å². The Balaban J connectivity index is 2.12. The lowest BCUT2D eigenvalue weighted by Crippen LogP contribution is -2.09. The van der Waals surface area contributed by atoms with Gasteiger partial charge in [0.15, 0.2) is 0 Å². The van der Waals surface area contributed by atoms with Gasteiger partial charge in [0.2, 0.25) is 0 Å². The van der Waals surface area contributed by atoms with Crippen molar-refractivity contribution in [1.82, 2.24) is 9.78 Å². The topological polar surface area (TPSA) is 38.0 Å². The molecule has 0 bridgehead atoms. The van der Waals surface area contributed by atoms with E-state index in [9.17, 15) is 5.11 Å². The summed E-state index contributed by atoms with van der Waals surface area (Å²) in [7, 11) is 0. The second kappa shape index (κ2) is 7.74. The van der Waals surface area contributed by atoms with Gasteiger partial charge in [-0.15, -0.1) is 0 Å². The minimum Gasteiger partial charge on any atom is -0.388 e. The maximum absolute atomic E-state index is 10.5. The molecule has 21 heavy (non-hydrogen) atoms. The molecule has 1 aromatic heterocycles. The van der Waals surface area contributed by atoms with Gasteiger partial charge in [0.05, 0.1) is 17.8 Å². The molecule has 5 heteroatoms. The quantitative estimate of drug-likeness (QED) is 0.620. The molecule has 0 aliphatic rings. The van der Waals surface area contributed by atoms with Crippen LogP contribution in [0.2, 0.25) is 0 Å². The van der Waals surface area contributed by atoms with Crippen LogP contribution in [0.25, 0.3) is 0 Å². The van der Waals surface area contributed by atoms with Gasteiger partial charge in [-0.05, 0) is 65.3 Å². The fraction of sp³-hybridized carbons (Fsp3) is 0.438. The largest absolute Gasteiger partial charge is 0.388 e. The SMILES string of the molecule is CCC(CC)n1ccc(CC(O)c2cc(I)ccc2Br)n1. The molecule has 0 aliphatic carbocycles. The number of aliphatic hydroxyl groups excluding tert-OH is 1. The summed E-state index contributed by atoms with van der Waals surface area (Å²) < 4.78 is 4.08. The predicted octanol–water partition coefficient (Wildman–Crippen LogP) is 4.89. The van der Waals surface area contributed by atoms with Crippen LogP contribution in [0.3, 0.4) is 0 Å². The molecule has 0 saturated heterocycles. The van der Waals surface area contributed by atoms with Crippen molar-refractivity contribution in [2.45, 2.75) is 45.3 Å². The lowest BCUT2D eigenvalue weighted by molar-refractivity contribution is 0.176. The van der Waals surface area contributed by atoms with Crippen molar-refractivity contribution in [2.24, 2.45) is 0 Å². The highest BCUT2D eigenvalue weighted by Crippen LogP contribution is 2.27. The van der Waals surface area contributed by atoms with Crippen LogP contribution in [-0.4, -0.2) is 14.9 Å². The van der Waals surface area contributed by atoms with Crippen molar-refractivity contribution < 1.29 is 5.11 Å². The molecule has 0 spiro atoms. The van der Waals surface area contributed by atoms with Crippen LogP contribution >= 0.6 is 38.5 Å². The van der Waals surface area contributed by atoms with Crippen molar-refractivity contribution in [3.05, 3.63) is 49.8 Å². The zero-order valence-electron chi connectivity index (χ0n) is 12.3. The first-order valence-electron chi connectivity index (χ1n) is 7.22. The Bertz CT molecular complexity index is 596. The van der Waals surface area contributed by atoms with E-state index in [4.69, 9.17) is 0 Å². The molecule has 2 rings (SSSR count). The van der Waals surface area contributed by atoms with E-state index in [1.807, 2.05) is 35.1 Å². The summed E-state index contributed by atoms with van der Waals surface area (Å²) >= 11 is 5.76. The van der Waals surface area contributed by atoms with Gasteiger partial charge in [0.25, 0.3) is 0 Å². The van der Waals surface area contributed by atoms with E-state index in [1.165, 1.54) is 0 Å². The Morgan fingerprint density at radius 3 is 2.67 bits per heavy atom. The summed E-state index contributed by atoms with van der Waals surface area (Å²) in [6, 6.07) is 8.45. The van der Waals surface area contributed by atoms with Gasteiger partial charge in [-0.3, -0.25) is 4.68 Å². The first-order chi connectivity index (χ1) is 10.0. The number of benzene rings is 1. The van der Waals surface area contributed by atoms with Gasteiger partial charge in [-0.1, -0.05) is 29.8 Å². The van der Waals surface area contributed by atoms with Crippen LogP contribution in [0.1, 0.15) is 50.1 Å². The van der Waals surface area contributed by atoms with Gasteiger partial charge in [0.1, 0.15) is 0 Å². The molecular weight excluding hydrogens is 443 g/mol. The van der Waals surface area contributed by atoms with E-state index in [1.54, 1.807) is 0 Å². The lowest BCUT2D eigenvalue weighted by Gasteiger charge is -2.14. The molecule has 1 aromatic carbocycles. The van der Waals surface area contributed by atoms with Crippen LogP contribution in [0.15, 0.2) is 34.9 Å². The van der Waals surface area contributed by atoms with Crippen molar-refractivity contribution in [2.75, 3.05) is 0 Å². The van der Waals surface area contributed by atoms with Crippen LogP contribution < -0.4 is 0 Å². The van der Waals surface area contributed by atoms with E-state index in [2.05, 4.69) is 57.5 Å². The molecule has 1 heterocycles. The summed E-state index contributed by atoms with van der Waals surface area (Å²) in [5.41, 5.74) is 1.85. The number of aromatic nitrogens is 2. The van der Waals surface area contributed by atoms with Crippen LogP contribution in [0.4, 0.5) is 0 Å². The molecule has 0 saturated carbocycles. The summed E-state index contributed by atoms with van der Waals surface area (Å²) in [4.78, 5) is 0. The summed E-state index contributed by atoms with van der Waals surface area (Å²) in [5, 5.41) is 15.1. The van der Waals surface area contributed by atoms with Gasteiger partial charge >= 0.3 is 0 Å². The molecule has 1 atom stereocenters. The first-order valence-corrected chi connectivity index (χ1v) is 9.09. The fourth-order valence-electron chi connectivity index (χ4n) is 2.43. The van der Waals surface area contributed by atoms with E-state index >= 15 is 0 Å². The molecule has 0 radical (unpaired) electrons. The smallest absolute Gasteiger partial charge is 0.0857 e. The predicted molar refractivity (Wildman–Crippen MR) is 97.4 cm³/mol.